The number of para-hydroxylation sites is 2. The van der Waals surface area contributed by atoms with E-state index in [-0.39, 0.29) is 10.8 Å². The van der Waals surface area contributed by atoms with Crippen molar-refractivity contribution in [3.05, 3.63) is 138 Å². The highest BCUT2D eigenvalue weighted by molar-refractivity contribution is 6.17. The summed E-state index contributed by atoms with van der Waals surface area (Å²) in [6.07, 6.45) is 10.8. The fraction of sp³-hybridized carbons (Fsp3) is 0.278. The van der Waals surface area contributed by atoms with Crippen molar-refractivity contribution in [2.75, 3.05) is 0 Å². The minimum Gasteiger partial charge on any atom is -0.457 e. The van der Waals surface area contributed by atoms with Gasteiger partial charge in [-0.15, -0.1) is 0 Å². The molecule has 61 heavy (non-hydrogen) atoms. The maximum Gasteiger partial charge on any atom is 0.221 e. The Bertz CT molecular complexity index is 3430. The molecule has 5 aromatic carbocycles. The lowest BCUT2D eigenvalue weighted by Crippen LogP contribution is -2.40. The Kier molecular flexibility index (Phi) is 7.76. The van der Waals surface area contributed by atoms with Crippen LogP contribution in [0.4, 0.5) is 0 Å². The minimum atomic E-state index is -0.00386. The van der Waals surface area contributed by atoms with E-state index in [1.165, 1.54) is 48.8 Å². The molecule has 0 spiro atoms. The lowest BCUT2D eigenvalue weighted by atomic mass is 9.61. The molecule has 0 amide bonds. The maximum absolute atomic E-state index is 6.99. The van der Waals surface area contributed by atoms with Gasteiger partial charge >= 0.3 is 0 Å². The van der Waals surface area contributed by atoms with Gasteiger partial charge in [0.25, 0.3) is 0 Å². The topological polar surface area (TPSA) is 70.4 Å². The second-order valence-corrected chi connectivity index (χ2v) is 19.0. The summed E-state index contributed by atoms with van der Waals surface area (Å²) in [6, 6.07) is 36.2. The van der Waals surface area contributed by atoms with Crippen LogP contribution in [0.3, 0.4) is 0 Å². The number of hydrogen-bond acceptors (Lipinski definition) is 5. The van der Waals surface area contributed by atoms with E-state index in [1.54, 1.807) is 0 Å². The van der Waals surface area contributed by atoms with Gasteiger partial charge in [0.05, 0.1) is 27.8 Å². The summed E-state index contributed by atoms with van der Waals surface area (Å²) in [7, 11) is 0. The number of aromatic nitrogens is 5. The Morgan fingerprint density at radius 3 is 2.30 bits per heavy atom. The first-order chi connectivity index (χ1) is 29.6. The van der Waals surface area contributed by atoms with Crippen LogP contribution in [0.15, 0.2) is 120 Å². The Labute approximate surface area is 355 Å². The molecular formula is C54H49N5O2. The highest BCUT2D eigenvalue weighted by Crippen LogP contribution is 2.59. The maximum atomic E-state index is 6.99. The van der Waals surface area contributed by atoms with Gasteiger partial charge in [0.1, 0.15) is 28.5 Å². The van der Waals surface area contributed by atoms with Gasteiger partial charge in [0, 0.05) is 40.2 Å². The van der Waals surface area contributed by atoms with E-state index in [0.717, 1.165) is 88.9 Å². The summed E-state index contributed by atoms with van der Waals surface area (Å²) in [5.74, 6) is 4.33. The number of benzene rings is 5. The number of aryl methyl sites for hydroxylation is 2. The molecule has 0 saturated heterocycles. The van der Waals surface area contributed by atoms with Crippen molar-refractivity contribution < 1.29 is 9.15 Å². The average Bonchev–Trinajstić information content (AvgIpc) is 3.96. The Morgan fingerprint density at radius 2 is 1.44 bits per heavy atom. The number of fused-ring (bicyclic) bond motifs is 11. The molecule has 0 bridgehead atoms. The first-order valence-corrected chi connectivity index (χ1v) is 22.0. The molecule has 302 valence electrons. The standard InChI is InChI=1S/C54H49N5O2/c1-31-24-48(56-29-32(31)2)59-47-27-35(21-23-46(47)58-45-19-13-12-18-43(45)57-52(58)59)60-36-25-39-38-22-20-33-14-10-11-17-37(33)49(38)61-50(39)40(26-36)44-28-41-42(30-55-44)54(5,6)51(53(41,3)4)34-15-8-7-9-16-34/h10-14,17-30,34,51H,7-9,15-16H2,1-6H3. The van der Waals surface area contributed by atoms with Gasteiger partial charge in [0.2, 0.25) is 5.78 Å². The van der Waals surface area contributed by atoms with Gasteiger partial charge < -0.3 is 9.15 Å². The van der Waals surface area contributed by atoms with Crippen molar-refractivity contribution in [2.24, 2.45) is 11.8 Å². The van der Waals surface area contributed by atoms with Crippen LogP contribution in [-0.2, 0) is 10.8 Å². The predicted octanol–water partition coefficient (Wildman–Crippen LogP) is 14.1. The highest BCUT2D eigenvalue weighted by Gasteiger charge is 2.54. The lowest BCUT2D eigenvalue weighted by Gasteiger charge is -2.43. The largest absolute Gasteiger partial charge is 0.457 e. The van der Waals surface area contributed by atoms with Gasteiger partial charge in [-0.25, -0.2) is 9.97 Å². The molecule has 1 atom stereocenters. The summed E-state index contributed by atoms with van der Waals surface area (Å²) < 4.78 is 18.3. The van der Waals surface area contributed by atoms with Crippen molar-refractivity contribution in [1.29, 1.82) is 0 Å². The van der Waals surface area contributed by atoms with E-state index in [1.807, 2.05) is 12.3 Å². The molecule has 12 rings (SSSR count). The predicted molar refractivity (Wildman–Crippen MR) is 247 cm³/mol. The third kappa shape index (κ3) is 5.32. The number of pyridine rings is 2. The summed E-state index contributed by atoms with van der Waals surface area (Å²) in [5.41, 5.74) is 12.6. The molecule has 7 nitrogen and oxygen atoms in total. The number of nitrogens with zero attached hydrogens (tertiary/aromatic N) is 5. The van der Waals surface area contributed by atoms with Crippen molar-refractivity contribution in [3.63, 3.8) is 0 Å². The zero-order chi connectivity index (χ0) is 41.4. The Morgan fingerprint density at radius 1 is 0.639 bits per heavy atom. The number of furan rings is 1. The molecule has 2 aliphatic rings. The van der Waals surface area contributed by atoms with Gasteiger partial charge in [-0.3, -0.25) is 14.0 Å². The molecule has 0 radical (unpaired) electrons. The summed E-state index contributed by atoms with van der Waals surface area (Å²) in [5, 5.41) is 4.30. The fourth-order valence-electron chi connectivity index (χ4n) is 11.9. The SMILES string of the molecule is Cc1cnc(-n2c3cc(Oc4cc(-c5cc6c(cn5)C(C)(C)C(C5CCCCC5)C6(C)C)c5oc6c7ccccc7ccc6c5c4)ccc3n3c4ccccc4nc23)cc1C. The highest BCUT2D eigenvalue weighted by atomic mass is 16.5. The van der Waals surface area contributed by atoms with E-state index in [0.29, 0.717) is 17.6 Å². The molecule has 7 heteroatoms. The van der Waals surface area contributed by atoms with E-state index < -0.39 is 0 Å². The molecule has 0 aliphatic heterocycles. The molecule has 1 saturated carbocycles. The molecule has 1 unspecified atom stereocenters. The number of imidazole rings is 2. The molecule has 5 aromatic heterocycles. The second-order valence-electron chi connectivity index (χ2n) is 19.0. The van der Waals surface area contributed by atoms with Crippen LogP contribution < -0.4 is 4.74 Å². The van der Waals surface area contributed by atoms with Crippen LogP contribution in [0, 0.1) is 25.7 Å². The van der Waals surface area contributed by atoms with Crippen molar-refractivity contribution in [3.8, 4) is 28.6 Å². The van der Waals surface area contributed by atoms with Gasteiger partial charge in [-0.1, -0.05) is 102 Å². The van der Waals surface area contributed by atoms with Crippen molar-refractivity contribution in [1.82, 2.24) is 23.9 Å². The van der Waals surface area contributed by atoms with Crippen LogP contribution in [0.25, 0.3) is 77.6 Å². The summed E-state index contributed by atoms with van der Waals surface area (Å²) >= 11 is 0. The smallest absolute Gasteiger partial charge is 0.221 e. The Balaban J connectivity index is 1.04. The first kappa shape index (κ1) is 36.4. The van der Waals surface area contributed by atoms with Gasteiger partial charge in [0.15, 0.2) is 0 Å². The molecule has 0 N–H and O–H groups in total. The number of rotatable bonds is 5. The third-order valence-electron chi connectivity index (χ3n) is 14.7. The molecule has 10 aromatic rings. The molecule has 2 aliphatic carbocycles. The minimum absolute atomic E-state index is 0.00386. The van der Waals surface area contributed by atoms with Crippen molar-refractivity contribution >= 4 is 60.6 Å². The third-order valence-corrected chi connectivity index (χ3v) is 14.7. The zero-order valence-corrected chi connectivity index (χ0v) is 35.7. The molecular weight excluding hydrogens is 751 g/mol. The van der Waals surface area contributed by atoms with Gasteiger partial charge in [-0.2, -0.15) is 0 Å². The van der Waals surface area contributed by atoms with Gasteiger partial charge in [-0.05, 0) is 119 Å². The fourth-order valence-corrected chi connectivity index (χ4v) is 11.9. The van der Waals surface area contributed by atoms with Crippen molar-refractivity contribution in [2.45, 2.75) is 84.5 Å². The number of hydrogen-bond donors (Lipinski definition) is 0. The zero-order valence-electron chi connectivity index (χ0n) is 35.7. The van der Waals surface area contributed by atoms with Crippen LogP contribution >= 0.6 is 0 Å². The van der Waals surface area contributed by atoms with Crippen LogP contribution in [-0.4, -0.2) is 23.9 Å². The first-order valence-electron chi connectivity index (χ1n) is 22.0. The van der Waals surface area contributed by atoms with E-state index >= 15 is 0 Å². The van der Waals surface area contributed by atoms with Crippen LogP contribution in [0.1, 0.15) is 82.1 Å². The molecule has 5 heterocycles. The molecule has 1 fully saturated rings. The van der Waals surface area contributed by atoms with E-state index in [4.69, 9.17) is 24.1 Å². The Hall–Kier alpha value is -6.47. The van der Waals surface area contributed by atoms with E-state index in [2.05, 4.69) is 154 Å². The summed E-state index contributed by atoms with van der Waals surface area (Å²) in [4.78, 5) is 15.3. The number of ether oxygens (including phenoxy) is 1. The summed E-state index contributed by atoms with van der Waals surface area (Å²) in [6.45, 7) is 14.1. The van der Waals surface area contributed by atoms with Crippen LogP contribution in [0.5, 0.6) is 11.5 Å². The quantitative estimate of drug-likeness (QED) is 0.173. The van der Waals surface area contributed by atoms with E-state index in [9.17, 15) is 0 Å². The monoisotopic (exact) mass is 799 g/mol. The second kappa shape index (κ2) is 13.0. The lowest BCUT2D eigenvalue weighted by molar-refractivity contribution is 0.118. The normalized spacial score (nSPS) is 17.7. The van der Waals surface area contributed by atoms with Crippen LogP contribution in [0.2, 0.25) is 0 Å². The average molecular weight is 800 g/mol.